The second kappa shape index (κ2) is 9.78. The number of guanidine groups is 1. The van der Waals surface area contributed by atoms with Crippen LogP contribution >= 0.6 is 11.6 Å². The van der Waals surface area contributed by atoms with Crippen molar-refractivity contribution in [1.82, 2.24) is 25.3 Å². The molecule has 3 rings (SSSR count). The Morgan fingerprint density at radius 2 is 2.10 bits per heavy atom. The van der Waals surface area contributed by atoms with Crippen LogP contribution in [0.2, 0.25) is 5.02 Å². The predicted molar refractivity (Wildman–Crippen MR) is 116 cm³/mol. The van der Waals surface area contributed by atoms with Crippen LogP contribution in [0.1, 0.15) is 32.8 Å². The van der Waals surface area contributed by atoms with Crippen molar-refractivity contribution in [1.29, 1.82) is 0 Å². The maximum Gasteiger partial charge on any atom is 0.225 e. The number of benzene rings is 1. The van der Waals surface area contributed by atoms with Crippen molar-refractivity contribution in [2.45, 2.75) is 39.8 Å². The van der Waals surface area contributed by atoms with Crippen LogP contribution in [0.4, 0.5) is 0 Å². The Labute approximate surface area is 177 Å². The van der Waals surface area contributed by atoms with E-state index in [9.17, 15) is 4.79 Å². The first-order chi connectivity index (χ1) is 14.0. The summed E-state index contributed by atoms with van der Waals surface area (Å²) in [5.41, 5.74) is 1.97. The fourth-order valence-electron chi connectivity index (χ4n) is 3.30. The van der Waals surface area contributed by atoms with Gasteiger partial charge in [0, 0.05) is 48.4 Å². The molecule has 1 aliphatic heterocycles. The third kappa shape index (κ3) is 5.73. The number of halogens is 1. The van der Waals surface area contributed by atoms with Crippen LogP contribution in [0.15, 0.2) is 41.7 Å². The summed E-state index contributed by atoms with van der Waals surface area (Å²) in [5, 5.41) is 11.9. The molecule has 1 aromatic carbocycles. The van der Waals surface area contributed by atoms with Crippen LogP contribution < -0.4 is 10.6 Å². The van der Waals surface area contributed by atoms with Gasteiger partial charge in [-0.25, -0.2) is 9.67 Å². The summed E-state index contributed by atoms with van der Waals surface area (Å²) in [7, 11) is 0. The third-order valence-electron chi connectivity index (χ3n) is 4.83. The van der Waals surface area contributed by atoms with E-state index in [1.165, 1.54) is 0 Å². The highest BCUT2D eigenvalue weighted by molar-refractivity contribution is 6.30. The van der Waals surface area contributed by atoms with Crippen molar-refractivity contribution in [3.63, 3.8) is 0 Å². The van der Waals surface area contributed by atoms with Gasteiger partial charge in [-0.2, -0.15) is 5.10 Å². The molecule has 1 saturated heterocycles. The maximum atomic E-state index is 12.2. The van der Waals surface area contributed by atoms with Gasteiger partial charge in [-0.05, 0) is 37.6 Å². The van der Waals surface area contributed by atoms with E-state index in [0.29, 0.717) is 11.6 Å². The van der Waals surface area contributed by atoms with Crippen LogP contribution in [-0.4, -0.2) is 52.2 Å². The number of carbonyl (C=O) groups excluding carboxylic acids is 1. The number of rotatable bonds is 6. The van der Waals surface area contributed by atoms with E-state index in [4.69, 9.17) is 11.6 Å². The number of aromatic nitrogens is 2. The van der Waals surface area contributed by atoms with Crippen LogP contribution in [0.3, 0.4) is 0 Å². The first-order valence-corrected chi connectivity index (χ1v) is 10.5. The summed E-state index contributed by atoms with van der Waals surface area (Å²) >= 11 is 5.95. The average Bonchev–Trinajstić information content (AvgIpc) is 3.36. The molecule has 0 spiro atoms. The van der Waals surface area contributed by atoms with E-state index in [1.807, 2.05) is 67.0 Å². The van der Waals surface area contributed by atoms with Crippen LogP contribution in [0.5, 0.6) is 0 Å². The molecule has 1 aromatic heterocycles. The molecule has 0 bridgehead atoms. The predicted octanol–water partition coefficient (Wildman–Crippen LogP) is 2.84. The molecule has 2 aromatic rings. The van der Waals surface area contributed by atoms with Crippen molar-refractivity contribution >= 4 is 23.5 Å². The van der Waals surface area contributed by atoms with E-state index in [0.717, 1.165) is 43.3 Å². The molecule has 1 aliphatic rings. The lowest BCUT2D eigenvalue weighted by Gasteiger charge is -2.20. The molecule has 1 amide bonds. The van der Waals surface area contributed by atoms with Gasteiger partial charge in [-0.15, -0.1) is 0 Å². The smallest absolute Gasteiger partial charge is 0.225 e. The highest BCUT2D eigenvalue weighted by atomic mass is 35.5. The summed E-state index contributed by atoms with van der Waals surface area (Å²) in [6, 6.07) is 7.76. The normalized spacial score (nSPS) is 17.1. The van der Waals surface area contributed by atoms with Gasteiger partial charge in [-0.1, -0.05) is 25.4 Å². The summed E-state index contributed by atoms with van der Waals surface area (Å²) < 4.78 is 1.81. The Bertz CT molecular complexity index is 845. The molecule has 8 heteroatoms. The summed E-state index contributed by atoms with van der Waals surface area (Å²) in [6.07, 6.45) is 4.71. The number of hydrogen-bond donors (Lipinski definition) is 2. The second-order valence-electron chi connectivity index (χ2n) is 7.53. The van der Waals surface area contributed by atoms with Crippen LogP contribution in [0.25, 0.3) is 5.69 Å². The van der Waals surface area contributed by atoms with Gasteiger partial charge in [0.2, 0.25) is 5.91 Å². The fraction of sp³-hybridized carbons (Fsp3) is 0.476. The molecular weight excluding hydrogens is 388 g/mol. The number of amides is 1. The lowest BCUT2D eigenvalue weighted by Crippen LogP contribution is -2.45. The number of nitrogens with one attached hydrogen (secondary N) is 2. The number of aliphatic imine (C=N–C) groups is 1. The van der Waals surface area contributed by atoms with Gasteiger partial charge in [0.25, 0.3) is 0 Å². The molecule has 1 unspecified atom stereocenters. The maximum absolute atomic E-state index is 12.2. The van der Waals surface area contributed by atoms with Gasteiger partial charge < -0.3 is 15.5 Å². The molecule has 0 saturated carbocycles. The zero-order valence-electron chi connectivity index (χ0n) is 17.2. The zero-order valence-corrected chi connectivity index (χ0v) is 18.0. The topological polar surface area (TPSA) is 74.6 Å². The standard InChI is InChI=1S/C21H29ClN6O/c1-4-23-21(26-18-9-10-27(14-18)20(29)15(2)3)24-11-16-12-25-28(13-16)19-7-5-17(22)6-8-19/h5-8,12-13,15,18H,4,9-11,14H2,1-3H3,(H2,23,24,26). The summed E-state index contributed by atoms with van der Waals surface area (Å²) in [4.78, 5) is 18.8. The van der Waals surface area contributed by atoms with E-state index < -0.39 is 0 Å². The van der Waals surface area contributed by atoms with Crippen LogP contribution in [-0.2, 0) is 11.3 Å². The zero-order chi connectivity index (χ0) is 20.8. The number of hydrogen-bond acceptors (Lipinski definition) is 3. The van der Waals surface area contributed by atoms with Crippen molar-refractivity contribution in [3.05, 3.63) is 47.2 Å². The number of carbonyl (C=O) groups is 1. The Balaban J connectivity index is 1.60. The number of nitrogens with zero attached hydrogens (tertiary/aromatic N) is 4. The van der Waals surface area contributed by atoms with Crippen molar-refractivity contribution in [2.24, 2.45) is 10.9 Å². The van der Waals surface area contributed by atoms with E-state index >= 15 is 0 Å². The van der Waals surface area contributed by atoms with Gasteiger partial charge in [0.1, 0.15) is 0 Å². The summed E-state index contributed by atoms with van der Waals surface area (Å²) in [5.74, 6) is 1.01. The van der Waals surface area contributed by atoms with Crippen molar-refractivity contribution in [3.8, 4) is 5.69 Å². The van der Waals surface area contributed by atoms with Crippen molar-refractivity contribution in [2.75, 3.05) is 19.6 Å². The van der Waals surface area contributed by atoms with E-state index in [1.54, 1.807) is 0 Å². The lowest BCUT2D eigenvalue weighted by molar-refractivity contribution is -0.133. The monoisotopic (exact) mass is 416 g/mol. The highest BCUT2D eigenvalue weighted by Gasteiger charge is 2.27. The fourth-order valence-corrected chi connectivity index (χ4v) is 3.43. The third-order valence-corrected chi connectivity index (χ3v) is 5.08. The molecule has 2 N–H and O–H groups in total. The molecule has 29 heavy (non-hydrogen) atoms. The lowest BCUT2D eigenvalue weighted by atomic mass is 10.2. The van der Waals surface area contributed by atoms with Crippen molar-refractivity contribution < 1.29 is 4.79 Å². The SMILES string of the molecule is CCNC(=NCc1cnn(-c2ccc(Cl)cc2)c1)NC1CCN(C(=O)C(C)C)C1. The van der Waals surface area contributed by atoms with Gasteiger partial charge in [-0.3, -0.25) is 4.79 Å². The van der Waals surface area contributed by atoms with E-state index in [-0.39, 0.29) is 17.9 Å². The first-order valence-electron chi connectivity index (χ1n) is 10.1. The molecule has 2 heterocycles. The number of likely N-dealkylation sites (tertiary alicyclic amines) is 1. The molecule has 1 fully saturated rings. The highest BCUT2D eigenvalue weighted by Crippen LogP contribution is 2.14. The minimum Gasteiger partial charge on any atom is -0.357 e. The molecule has 156 valence electrons. The average molecular weight is 417 g/mol. The minimum absolute atomic E-state index is 0.0350. The molecular formula is C21H29ClN6O. The molecule has 7 nitrogen and oxygen atoms in total. The largest absolute Gasteiger partial charge is 0.357 e. The molecule has 0 aliphatic carbocycles. The molecule has 1 atom stereocenters. The molecule has 0 radical (unpaired) electrons. The van der Waals surface area contributed by atoms with E-state index in [2.05, 4.69) is 20.7 Å². The van der Waals surface area contributed by atoms with Gasteiger partial charge in [0.15, 0.2) is 5.96 Å². The Kier molecular flexibility index (Phi) is 7.14. The van der Waals surface area contributed by atoms with Gasteiger partial charge in [0.05, 0.1) is 18.4 Å². The Morgan fingerprint density at radius 3 is 2.79 bits per heavy atom. The minimum atomic E-state index is 0.0350. The first kappa shape index (κ1) is 21.2. The van der Waals surface area contributed by atoms with Gasteiger partial charge >= 0.3 is 0 Å². The quantitative estimate of drug-likeness (QED) is 0.561. The Hall–Kier alpha value is -2.54. The second-order valence-corrected chi connectivity index (χ2v) is 7.97. The Morgan fingerprint density at radius 1 is 1.34 bits per heavy atom. The van der Waals surface area contributed by atoms with Crippen LogP contribution in [0, 0.1) is 5.92 Å². The summed E-state index contributed by atoms with van der Waals surface area (Å²) in [6.45, 7) is 8.73.